The molecule has 0 saturated carbocycles. The molecule has 2 aliphatic rings. The lowest BCUT2D eigenvalue weighted by Crippen LogP contribution is -2.71. The first-order chi connectivity index (χ1) is 28.6. The Morgan fingerprint density at radius 2 is 1.47 bits per heavy atom. The number of nitriles is 1. The summed E-state index contributed by atoms with van der Waals surface area (Å²) >= 11 is 6.60. The van der Waals surface area contributed by atoms with Gasteiger partial charge in [-0.05, 0) is 85.8 Å². The first-order valence-corrected chi connectivity index (χ1v) is 21.0. The van der Waals surface area contributed by atoms with Crippen LogP contribution in [-0.4, -0.2) is 71.5 Å². The molecule has 5 unspecified atom stereocenters. The number of carbonyl (C=O) groups is 3. The van der Waals surface area contributed by atoms with Crippen molar-refractivity contribution in [2.45, 2.75) is 82.4 Å². The molecular formula is C48H54ClN3O7. The average Bonchev–Trinajstić information content (AvgIpc) is 3.25. The number of carbonyl (C=O) groups excluding carboxylic acids is 1. The molecule has 4 aromatic carbocycles. The van der Waals surface area contributed by atoms with E-state index in [1.165, 1.54) is 0 Å². The number of hydrogen-bond acceptors (Lipinski definition) is 7. The van der Waals surface area contributed by atoms with Crippen LogP contribution in [0.3, 0.4) is 0 Å². The van der Waals surface area contributed by atoms with E-state index in [4.69, 9.17) is 21.1 Å². The molecule has 1 amide bonds. The van der Waals surface area contributed by atoms with Gasteiger partial charge in [0.1, 0.15) is 6.61 Å². The maximum absolute atomic E-state index is 14.1. The molecule has 11 heteroatoms. The molecule has 0 aromatic heterocycles. The third kappa shape index (κ3) is 9.82. The second-order valence-corrected chi connectivity index (χ2v) is 16.5. The van der Waals surface area contributed by atoms with Gasteiger partial charge in [0.2, 0.25) is 0 Å². The molecule has 2 aliphatic heterocycles. The van der Waals surface area contributed by atoms with E-state index in [0.29, 0.717) is 49.0 Å². The molecule has 5 atom stereocenters. The number of nitrogens with one attached hydrogen (secondary N) is 1. The van der Waals surface area contributed by atoms with Crippen LogP contribution in [0.5, 0.6) is 0 Å². The van der Waals surface area contributed by atoms with Gasteiger partial charge in [0.25, 0.3) is 0 Å². The van der Waals surface area contributed by atoms with Crippen LogP contribution >= 0.6 is 11.6 Å². The summed E-state index contributed by atoms with van der Waals surface area (Å²) < 4.78 is 11.9. The van der Waals surface area contributed by atoms with Gasteiger partial charge in [0.05, 0.1) is 23.5 Å². The Morgan fingerprint density at radius 1 is 0.864 bits per heavy atom. The smallest absolute Gasteiger partial charge is 0.410 e. The number of nitrogens with zero attached hydrogens (tertiary/aromatic N) is 2. The predicted octanol–water partition coefficient (Wildman–Crippen LogP) is 9.30. The van der Waals surface area contributed by atoms with Gasteiger partial charge < -0.3 is 29.9 Å². The van der Waals surface area contributed by atoms with Gasteiger partial charge in [0.15, 0.2) is 0 Å². The number of likely N-dealkylation sites (tertiary alicyclic amines) is 1. The molecule has 2 saturated heterocycles. The third-order valence-electron chi connectivity index (χ3n) is 12.8. The summed E-state index contributed by atoms with van der Waals surface area (Å²) in [6, 6.07) is 36.9. The summed E-state index contributed by atoms with van der Waals surface area (Å²) in [5.74, 6) is -3.24. The van der Waals surface area contributed by atoms with E-state index in [1.807, 2.05) is 97.9 Å². The molecular weight excluding hydrogens is 766 g/mol. The Bertz CT molecular complexity index is 2000. The van der Waals surface area contributed by atoms with Crippen molar-refractivity contribution in [1.29, 1.82) is 5.26 Å². The van der Waals surface area contributed by atoms with Gasteiger partial charge >= 0.3 is 18.0 Å². The number of aliphatic carboxylic acids is 2. The summed E-state index contributed by atoms with van der Waals surface area (Å²) in [6.45, 7) is 3.55. The Balaban J connectivity index is 1.23. The Labute approximate surface area is 352 Å². The highest BCUT2D eigenvalue weighted by molar-refractivity contribution is 6.30. The number of piperidine rings is 2. The molecule has 10 nitrogen and oxygen atoms in total. The zero-order valence-electron chi connectivity index (χ0n) is 33.5. The van der Waals surface area contributed by atoms with Gasteiger partial charge in [-0.2, -0.15) is 5.26 Å². The lowest BCUT2D eigenvalue weighted by atomic mass is 9.49. The van der Waals surface area contributed by atoms with Gasteiger partial charge in [-0.25, -0.2) is 4.79 Å². The number of carboxylic acid groups (broad SMARTS) is 2. The van der Waals surface area contributed by atoms with E-state index in [1.54, 1.807) is 29.2 Å². The van der Waals surface area contributed by atoms with Crippen molar-refractivity contribution < 1.29 is 34.1 Å². The lowest BCUT2D eigenvalue weighted by Gasteiger charge is -2.58. The maximum atomic E-state index is 14.1. The summed E-state index contributed by atoms with van der Waals surface area (Å²) in [5, 5.41) is 36.8. The van der Waals surface area contributed by atoms with Crippen molar-refractivity contribution >= 4 is 29.6 Å². The van der Waals surface area contributed by atoms with Crippen LogP contribution in [0.2, 0.25) is 5.02 Å². The topological polar surface area (TPSA) is 149 Å². The zero-order valence-corrected chi connectivity index (χ0v) is 34.3. The maximum Gasteiger partial charge on any atom is 0.410 e. The summed E-state index contributed by atoms with van der Waals surface area (Å²) in [5.41, 5.74) is 0.108. The monoisotopic (exact) mass is 819 g/mol. The first kappa shape index (κ1) is 43.4. The van der Waals surface area contributed by atoms with Gasteiger partial charge in [0, 0.05) is 55.1 Å². The van der Waals surface area contributed by atoms with E-state index < -0.39 is 40.8 Å². The van der Waals surface area contributed by atoms with Crippen LogP contribution < -0.4 is 5.32 Å². The molecule has 2 fully saturated rings. The van der Waals surface area contributed by atoms with Crippen LogP contribution in [0.1, 0.15) is 86.0 Å². The van der Waals surface area contributed by atoms with Crippen molar-refractivity contribution in [2.24, 2.45) is 16.7 Å². The third-order valence-corrected chi connectivity index (χ3v) is 13.0. The molecule has 0 aliphatic carbocycles. The van der Waals surface area contributed by atoms with E-state index >= 15 is 0 Å². The zero-order chi connectivity index (χ0) is 41.8. The van der Waals surface area contributed by atoms with E-state index in [-0.39, 0.29) is 44.5 Å². The minimum absolute atomic E-state index is 0.00382. The van der Waals surface area contributed by atoms with Crippen molar-refractivity contribution in [3.8, 4) is 6.07 Å². The molecule has 3 N–H and O–H groups in total. The number of carboxylic acids is 2. The second-order valence-electron chi connectivity index (χ2n) is 16.0. The summed E-state index contributed by atoms with van der Waals surface area (Å²) in [4.78, 5) is 42.7. The number of benzene rings is 4. The minimum Gasteiger partial charge on any atom is -0.481 e. The highest BCUT2D eigenvalue weighted by Gasteiger charge is 2.67. The standard InChI is InChI=1S/C48H54ClN3O7/c1-34-47(44(53)54,26-21-41(37-15-7-3-8-16-37)38-17-9-4-10-18-38)43(39-19-11-20-40(49)31-39)48(45(55)56,25-12-27-50)42(51-34)33-58-30-24-35-22-28-52(29-23-35)46(57)59-32-36-13-5-2-6-14-36/h2-11,13-20,31,34-35,41-43,51H,12,21-26,28-30,32-33H2,1H3,(H,53,54)(H,55,56). The van der Waals surface area contributed by atoms with Crippen LogP contribution in [0.4, 0.5) is 4.79 Å². The fourth-order valence-corrected chi connectivity index (χ4v) is 9.87. The highest BCUT2D eigenvalue weighted by Crippen LogP contribution is 2.60. The number of rotatable bonds is 17. The highest BCUT2D eigenvalue weighted by atomic mass is 35.5. The van der Waals surface area contributed by atoms with E-state index in [2.05, 4.69) is 11.4 Å². The van der Waals surface area contributed by atoms with E-state index in [0.717, 1.165) is 29.5 Å². The van der Waals surface area contributed by atoms with Gasteiger partial charge in [-0.15, -0.1) is 0 Å². The minimum atomic E-state index is -1.76. The average molecular weight is 820 g/mol. The molecule has 4 aromatic rings. The number of halogens is 1. The predicted molar refractivity (Wildman–Crippen MR) is 226 cm³/mol. The molecule has 2 heterocycles. The van der Waals surface area contributed by atoms with Crippen LogP contribution in [0, 0.1) is 28.1 Å². The molecule has 6 rings (SSSR count). The van der Waals surface area contributed by atoms with Crippen LogP contribution in [0.25, 0.3) is 0 Å². The fourth-order valence-electron chi connectivity index (χ4n) is 9.67. The second kappa shape index (κ2) is 20.2. The molecule has 0 bridgehead atoms. The largest absolute Gasteiger partial charge is 0.481 e. The van der Waals surface area contributed by atoms with Crippen molar-refractivity contribution in [1.82, 2.24) is 10.2 Å². The SMILES string of the molecule is CC1NC(COCCC2CCN(C(=O)OCc3ccccc3)CC2)C(CCC#N)(C(=O)O)C(c2cccc(Cl)c2)C1(CCC(c1ccccc1)c1ccccc1)C(=O)O. The van der Waals surface area contributed by atoms with Gasteiger partial charge in [-0.1, -0.05) is 115 Å². The number of amides is 1. The lowest BCUT2D eigenvalue weighted by molar-refractivity contribution is -0.177. The van der Waals surface area contributed by atoms with Crippen LogP contribution in [-0.2, 0) is 25.7 Å². The van der Waals surface area contributed by atoms with Crippen molar-refractivity contribution in [3.05, 3.63) is 143 Å². The van der Waals surface area contributed by atoms with Crippen LogP contribution in [0.15, 0.2) is 115 Å². The normalized spacial score (nSPS) is 23.4. The molecule has 0 radical (unpaired) electrons. The summed E-state index contributed by atoms with van der Waals surface area (Å²) in [6.07, 6.45) is 2.31. The van der Waals surface area contributed by atoms with Crippen molar-refractivity contribution in [3.63, 3.8) is 0 Å². The number of hydrogen-bond donors (Lipinski definition) is 3. The number of ether oxygens (including phenoxy) is 2. The Kier molecular flexibility index (Phi) is 14.8. The molecule has 0 spiro atoms. The van der Waals surface area contributed by atoms with E-state index in [9.17, 15) is 29.9 Å². The Morgan fingerprint density at radius 3 is 2.05 bits per heavy atom. The fraction of sp³-hybridized carbons (Fsp3) is 0.417. The molecule has 310 valence electrons. The first-order valence-electron chi connectivity index (χ1n) is 20.6. The van der Waals surface area contributed by atoms with Gasteiger partial charge in [-0.3, -0.25) is 9.59 Å². The molecule has 59 heavy (non-hydrogen) atoms. The van der Waals surface area contributed by atoms with Crippen molar-refractivity contribution in [2.75, 3.05) is 26.3 Å². The summed E-state index contributed by atoms with van der Waals surface area (Å²) in [7, 11) is 0. The Hall–Kier alpha value is -5.21. The quantitative estimate of drug-likeness (QED) is 0.0887.